The number of aliphatic hydroxyl groups is 6. The highest BCUT2D eigenvalue weighted by Crippen LogP contribution is 2.23. The van der Waals surface area contributed by atoms with E-state index in [-0.39, 0.29) is 30.8 Å². The third-order valence-electron chi connectivity index (χ3n) is 11.4. The van der Waals surface area contributed by atoms with Crippen molar-refractivity contribution >= 4 is 11.8 Å². The summed E-state index contributed by atoms with van der Waals surface area (Å²) in [5, 5.41) is 71.4. The number of carbonyl (C=O) groups is 2. The molecule has 9 N–H and O–H groups in total. The molecule has 2 fully saturated rings. The van der Waals surface area contributed by atoms with Crippen LogP contribution >= 0.6 is 0 Å². The van der Waals surface area contributed by atoms with Crippen LogP contribution in [0.5, 0.6) is 0 Å². The van der Waals surface area contributed by atoms with Crippen molar-refractivity contribution in [2.45, 2.75) is 216 Å². The lowest BCUT2D eigenvalue weighted by atomic mass is 9.97. The lowest BCUT2D eigenvalue weighted by Gasteiger charge is -2.40. The summed E-state index contributed by atoms with van der Waals surface area (Å²) >= 11 is 0. The molecule has 0 spiro atoms. The molecule has 13 heteroatoms. The third-order valence-corrected chi connectivity index (χ3v) is 11.4. The zero-order valence-electron chi connectivity index (χ0n) is 34.2. The van der Waals surface area contributed by atoms with Crippen molar-refractivity contribution < 1.29 is 49.7 Å². The Hall–Kier alpha value is -1.42. The van der Waals surface area contributed by atoms with Gasteiger partial charge in [0.25, 0.3) is 0 Å². The number of amides is 2. The van der Waals surface area contributed by atoms with Crippen LogP contribution in [-0.4, -0.2) is 124 Å². The van der Waals surface area contributed by atoms with Gasteiger partial charge in [-0.15, -0.1) is 0 Å². The van der Waals surface area contributed by atoms with Gasteiger partial charge < -0.3 is 56.1 Å². The van der Waals surface area contributed by atoms with Crippen molar-refractivity contribution in [3.05, 3.63) is 0 Å². The first-order valence-corrected chi connectivity index (χ1v) is 22.3. The predicted molar refractivity (Wildman–Crippen MR) is 214 cm³/mol. The Morgan fingerprint density at radius 3 is 1.82 bits per heavy atom. The van der Waals surface area contributed by atoms with Crippen molar-refractivity contribution in [3.63, 3.8) is 0 Å². The Morgan fingerprint density at radius 2 is 1.25 bits per heavy atom. The first-order chi connectivity index (χ1) is 26.7. The Bertz CT molecular complexity index is 957. The van der Waals surface area contributed by atoms with Crippen molar-refractivity contribution in [1.82, 2.24) is 16.0 Å². The van der Waals surface area contributed by atoms with Crippen molar-refractivity contribution in [3.8, 4) is 0 Å². The van der Waals surface area contributed by atoms with Gasteiger partial charge in [-0.05, 0) is 45.2 Å². The zero-order valence-corrected chi connectivity index (χ0v) is 34.2. The fourth-order valence-corrected chi connectivity index (χ4v) is 7.63. The highest BCUT2D eigenvalue weighted by Gasteiger charge is 2.44. The number of aliphatic hydroxyl groups excluding tert-OH is 6. The average Bonchev–Trinajstić information content (AvgIpc) is 3.19. The summed E-state index contributed by atoms with van der Waals surface area (Å²) in [4.78, 5) is 25.2. The molecule has 0 aromatic rings. The second-order valence-corrected chi connectivity index (χ2v) is 16.2. The van der Waals surface area contributed by atoms with Crippen LogP contribution in [0.2, 0.25) is 0 Å². The lowest BCUT2D eigenvalue weighted by Crippen LogP contribution is -2.60. The molecule has 0 aromatic heterocycles. The van der Waals surface area contributed by atoms with Gasteiger partial charge in [-0.2, -0.15) is 0 Å². The van der Waals surface area contributed by atoms with E-state index in [0.717, 1.165) is 110 Å². The average molecular weight is 788 g/mol. The van der Waals surface area contributed by atoms with Crippen molar-refractivity contribution in [2.75, 3.05) is 32.8 Å². The number of ether oxygens (including phenoxy) is 2. The topological polar surface area (TPSA) is 210 Å². The molecule has 2 saturated heterocycles. The van der Waals surface area contributed by atoms with Gasteiger partial charge in [0.1, 0.15) is 30.5 Å². The quantitative estimate of drug-likeness (QED) is 0.0432. The van der Waals surface area contributed by atoms with E-state index in [9.17, 15) is 40.2 Å². The van der Waals surface area contributed by atoms with Gasteiger partial charge in [0.05, 0.1) is 25.4 Å². The van der Waals surface area contributed by atoms with Gasteiger partial charge in [-0.25, -0.2) is 0 Å². The van der Waals surface area contributed by atoms with Gasteiger partial charge >= 0.3 is 0 Å². The summed E-state index contributed by atoms with van der Waals surface area (Å²) in [7, 11) is 0. The summed E-state index contributed by atoms with van der Waals surface area (Å²) in [5.41, 5.74) is 0. The summed E-state index contributed by atoms with van der Waals surface area (Å²) in [6.07, 6.45) is 16.1. The number of piperidine rings is 1. The van der Waals surface area contributed by atoms with Crippen LogP contribution in [-0.2, 0) is 19.1 Å². The van der Waals surface area contributed by atoms with E-state index in [4.69, 9.17) is 9.47 Å². The summed E-state index contributed by atoms with van der Waals surface area (Å²) in [6, 6.07) is -1.01. The first kappa shape index (κ1) is 49.7. The zero-order chi connectivity index (χ0) is 40.1. The largest absolute Gasteiger partial charge is 0.394 e. The van der Waals surface area contributed by atoms with Gasteiger partial charge in [-0.3, -0.25) is 9.59 Å². The van der Waals surface area contributed by atoms with Crippen LogP contribution in [0.25, 0.3) is 0 Å². The predicted octanol–water partition coefficient (Wildman–Crippen LogP) is 4.12. The molecule has 0 aromatic carbocycles. The molecule has 13 nitrogen and oxygen atoms in total. The van der Waals surface area contributed by atoms with Crippen LogP contribution in [0, 0.1) is 5.92 Å². The maximum Gasteiger partial charge on any atom is 0.223 e. The molecule has 2 amide bonds. The van der Waals surface area contributed by atoms with Crippen LogP contribution in [0.1, 0.15) is 167 Å². The third kappa shape index (κ3) is 21.8. The maximum atomic E-state index is 13.0. The molecule has 2 heterocycles. The van der Waals surface area contributed by atoms with E-state index in [1.165, 1.54) is 51.4 Å². The Labute approximate surface area is 332 Å². The first-order valence-electron chi connectivity index (χ1n) is 22.3. The highest BCUT2D eigenvalue weighted by atomic mass is 16.7. The van der Waals surface area contributed by atoms with E-state index >= 15 is 0 Å². The number of hydrogen-bond acceptors (Lipinski definition) is 11. The molecule has 324 valence electrons. The van der Waals surface area contributed by atoms with E-state index in [0.29, 0.717) is 12.8 Å². The highest BCUT2D eigenvalue weighted by molar-refractivity contribution is 5.78. The van der Waals surface area contributed by atoms with E-state index in [1.54, 1.807) is 0 Å². The van der Waals surface area contributed by atoms with Crippen molar-refractivity contribution in [2.24, 2.45) is 5.92 Å². The molecule has 0 saturated carbocycles. The minimum atomic E-state index is -1.62. The summed E-state index contributed by atoms with van der Waals surface area (Å²) < 4.78 is 11.1. The fourth-order valence-electron chi connectivity index (χ4n) is 7.63. The Balaban J connectivity index is 1.67. The fraction of sp³-hybridized carbons (Fsp3) is 0.952. The monoisotopic (exact) mass is 788 g/mol. The molecule has 2 rings (SSSR count). The molecule has 0 bridgehead atoms. The van der Waals surface area contributed by atoms with Gasteiger partial charge in [-0.1, -0.05) is 129 Å². The van der Waals surface area contributed by atoms with Crippen molar-refractivity contribution in [1.29, 1.82) is 0 Å². The van der Waals surface area contributed by atoms with E-state index < -0.39 is 55.6 Å². The summed E-state index contributed by atoms with van der Waals surface area (Å²) in [5.74, 6) is 0.0725. The molecule has 2 aliphatic heterocycles. The maximum absolute atomic E-state index is 13.0. The molecule has 55 heavy (non-hydrogen) atoms. The number of nitrogens with one attached hydrogen (secondary N) is 3. The second-order valence-electron chi connectivity index (χ2n) is 16.2. The Morgan fingerprint density at radius 1 is 0.727 bits per heavy atom. The normalized spacial score (nSPS) is 23.7. The Kier molecular flexibility index (Phi) is 28.5. The minimum Gasteiger partial charge on any atom is -0.394 e. The molecular weight excluding hydrogens is 706 g/mol. The van der Waals surface area contributed by atoms with Gasteiger partial charge in [0, 0.05) is 18.9 Å². The molecule has 0 radical (unpaired) electrons. The molecule has 8 atom stereocenters. The SMILES string of the molecule is CCCCCCCCCCCCCC[C@@H](O)[C@@H](O)[C@H](CO[C@H]1OC(CO)[C@H](O)[C@H](O)C1O)NC(=O)CCCCCCCCCCCNC(=O)C1CCNCC1. The van der Waals surface area contributed by atoms with E-state index in [1.807, 2.05) is 0 Å². The number of unbranched alkanes of at least 4 members (excludes halogenated alkanes) is 19. The number of hydrogen-bond donors (Lipinski definition) is 9. The number of carbonyl (C=O) groups excluding carboxylic acids is 2. The molecule has 2 unspecified atom stereocenters. The molecule has 2 aliphatic rings. The van der Waals surface area contributed by atoms with Gasteiger partial charge in [0.2, 0.25) is 11.8 Å². The second kappa shape index (κ2) is 31.6. The molecule has 0 aliphatic carbocycles. The van der Waals surface area contributed by atoms with Crippen LogP contribution < -0.4 is 16.0 Å². The van der Waals surface area contributed by atoms with Gasteiger partial charge in [0.15, 0.2) is 6.29 Å². The minimum absolute atomic E-state index is 0.158. The number of rotatable bonds is 33. The smallest absolute Gasteiger partial charge is 0.223 e. The molecular formula is C42H81N3O10. The standard InChI is InChI=1S/C42H81N3O10/c1-2-3-4-5-6-7-8-9-11-14-17-20-23-34(47)37(49)33(31-54-42-40(52)39(51)38(50)35(30-46)55-42)45-36(48)24-21-18-15-12-10-13-16-19-22-27-44-41(53)32-25-28-43-29-26-32/h32-35,37-40,42-43,46-47,49-52H,2-31H2,1H3,(H,44,53)(H,45,48)/t33-,34+,35?,37-,38-,39-,40?,42-/m0/s1. The summed E-state index contributed by atoms with van der Waals surface area (Å²) in [6.45, 7) is 3.90. The lowest BCUT2D eigenvalue weighted by molar-refractivity contribution is -0.303. The van der Waals surface area contributed by atoms with E-state index in [2.05, 4.69) is 22.9 Å². The van der Waals surface area contributed by atoms with Crippen LogP contribution in [0.15, 0.2) is 0 Å². The van der Waals surface area contributed by atoms with Crippen LogP contribution in [0.4, 0.5) is 0 Å². The van der Waals surface area contributed by atoms with Crippen LogP contribution in [0.3, 0.4) is 0 Å².